The van der Waals surface area contributed by atoms with Crippen molar-refractivity contribution in [1.29, 1.82) is 0 Å². The molecule has 0 saturated carbocycles. The number of thioether (sulfide) groups is 1. The van der Waals surface area contributed by atoms with Crippen LogP contribution in [0.1, 0.15) is 10.4 Å². The van der Waals surface area contributed by atoms with Crippen molar-refractivity contribution in [3.05, 3.63) is 32.4 Å². The monoisotopic (exact) mass is 474 g/mol. The van der Waals surface area contributed by atoms with Crippen molar-refractivity contribution < 1.29 is 13.2 Å². The molecule has 0 aliphatic carbocycles. The second-order valence-electron chi connectivity index (χ2n) is 4.71. The average Bonchev–Trinajstić information content (AvgIpc) is 2.47. The summed E-state index contributed by atoms with van der Waals surface area (Å²) < 4.78 is 26.6. The van der Waals surface area contributed by atoms with Crippen molar-refractivity contribution in [3.8, 4) is 0 Å². The van der Waals surface area contributed by atoms with Crippen LogP contribution in [0.3, 0.4) is 0 Å². The van der Waals surface area contributed by atoms with Crippen molar-refractivity contribution >= 4 is 61.9 Å². The van der Waals surface area contributed by atoms with Gasteiger partial charge in [0.15, 0.2) is 0 Å². The van der Waals surface area contributed by atoms with E-state index >= 15 is 0 Å². The fourth-order valence-electron chi connectivity index (χ4n) is 2.02. The van der Waals surface area contributed by atoms with E-state index in [0.29, 0.717) is 23.7 Å². The van der Waals surface area contributed by atoms with E-state index in [1.807, 2.05) is 22.6 Å². The van der Waals surface area contributed by atoms with Gasteiger partial charge in [-0.3, -0.25) is 4.79 Å². The van der Waals surface area contributed by atoms with Crippen molar-refractivity contribution in [3.63, 3.8) is 0 Å². The van der Waals surface area contributed by atoms with Gasteiger partial charge in [-0.15, -0.1) is 0 Å². The number of carbonyl (C=O) groups is 1. The van der Waals surface area contributed by atoms with Gasteiger partial charge in [-0.1, -0.05) is 11.6 Å². The highest BCUT2D eigenvalue weighted by atomic mass is 127. The van der Waals surface area contributed by atoms with Gasteiger partial charge in [0, 0.05) is 39.7 Å². The average molecular weight is 475 g/mol. The first-order valence-corrected chi connectivity index (χ1v) is 10.9. The Balaban J connectivity index is 1.88. The fourth-order valence-corrected chi connectivity index (χ4v) is 5.62. The molecule has 1 heterocycles. The molecule has 0 atom stereocenters. The molecule has 1 saturated heterocycles. The second-order valence-corrected chi connectivity index (χ2v) is 9.62. The third-order valence-corrected chi connectivity index (χ3v) is 7.13. The molecule has 1 fully saturated rings. The van der Waals surface area contributed by atoms with Crippen LogP contribution < -0.4 is 5.32 Å². The molecule has 1 aromatic carbocycles. The van der Waals surface area contributed by atoms with Gasteiger partial charge in [0.25, 0.3) is 5.91 Å². The van der Waals surface area contributed by atoms with Crippen LogP contribution in [-0.4, -0.2) is 55.5 Å². The Bertz CT molecular complexity index is 649. The molecule has 1 aliphatic heterocycles. The fraction of sp³-hybridized carbons (Fsp3) is 0.462. The highest BCUT2D eigenvalue weighted by Gasteiger charge is 2.24. The van der Waals surface area contributed by atoms with Crippen LogP contribution in [0.2, 0.25) is 5.02 Å². The van der Waals surface area contributed by atoms with Gasteiger partial charge in [-0.05, 0) is 40.8 Å². The molecule has 22 heavy (non-hydrogen) atoms. The summed E-state index contributed by atoms with van der Waals surface area (Å²) in [7, 11) is -3.30. The number of nitrogens with one attached hydrogen (secondary N) is 1. The van der Waals surface area contributed by atoms with Gasteiger partial charge >= 0.3 is 0 Å². The number of hydrogen-bond acceptors (Lipinski definition) is 4. The lowest BCUT2D eigenvalue weighted by atomic mass is 10.2. The van der Waals surface area contributed by atoms with Crippen LogP contribution in [0.15, 0.2) is 18.2 Å². The number of sulfonamides is 1. The lowest BCUT2D eigenvalue weighted by Crippen LogP contribution is -2.41. The minimum absolute atomic E-state index is 0.0758. The normalized spacial score (nSPS) is 16.5. The molecule has 2 rings (SSSR count). The molecule has 0 radical (unpaired) electrons. The molecule has 1 N–H and O–H groups in total. The first-order valence-electron chi connectivity index (χ1n) is 6.69. The van der Waals surface area contributed by atoms with E-state index in [1.54, 1.807) is 30.0 Å². The number of carbonyl (C=O) groups excluding carboxylic acids is 1. The Morgan fingerprint density at radius 1 is 1.36 bits per heavy atom. The number of halogens is 2. The maximum Gasteiger partial charge on any atom is 0.252 e. The first kappa shape index (κ1) is 18.3. The van der Waals surface area contributed by atoms with Crippen LogP contribution in [0.25, 0.3) is 0 Å². The number of rotatable bonds is 5. The van der Waals surface area contributed by atoms with Gasteiger partial charge in [0.05, 0.1) is 11.3 Å². The number of amides is 1. The van der Waals surface area contributed by atoms with Gasteiger partial charge in [0.1, 0.15) is 0 Å². The molecule has 1 aromatic rings. The van der Waals surface area contributed by atoms with E-state index < -0.39 is 10.0 Å². The summed E-state index contributed by atoms with van der Waals surface area (Å²) in [5.74, 6) is 1.29. The Kier molecular flexibility index (Phi) is 6.81. The zero-order chi connectivity index (χ0) is 16.2. The molecule has 5 nitrogen and oxygen atoms in total. The first-order chi connectivity index (χ1) is 10.4. The summed E-state index contributed by atoms with van der Waals surface area (Å²) in [5, 5.41) is 3.22. The van der Waals surface area contributed by atoms with E-state index in [0.717, 1.165) is 15.1 Å². The summed E-state index contributed by atoms with van der Waals surface area (Å²) in [5.41, 5.74) is 0.497. The van der Waals surface area contributed by atoms with E-state index in [9.17, 15) is 13.2 Å². The zero-order valence-electron chi connectivity index (χ0n) is 11.7. The molecular weight excluding hydrogens is 459 g/mol. The Morgan fingerprint density at radius 2 is 2.05 bits per heavy atom. The smallest absolute Gasteiger partial charge is 0.252 e. The highest BCUT2D eigenvalue weighted by Crippen LogP contribution is 2.18. The highest BCUT2D eigenvalue weighted by molar-refractivity contribution is 14.1. The van der Waals surface area contributed by atoms with E-state index in [-0.39, 0.29) is 18.2 Å². The summed E-state index contributed by atoms with van der Waals surface area (Å²) in [6, 6.07) is 4.97. The Morgan fingerprint density at radius 3 is 2.68 bits per heavy atom. The summed E-state index contributed by atoms with van der Waals surface area (Å²) in [4.78, 5) is 12.1. The summed E-state index contributed by atoms with van der Waals surface area (Å²) >= 11 is 9.64. The van der Waals surface area contributed by atoms with Gasteiger partial charge in [-0.2, -0.15) is 11.8 Å². The molecule has 1 amide bonds. The molecule has 0 unspecified atom stereocenters. The van der Waals surface area contributed by atoms with Gasteiger partial charge in [0.2, 0.25) is 10.0 Å². The molecule has 9 heteroatoms. The maximum atomic E-state index is 12.2. The van der Waals surface area contributed by atoms with Crippen molar-refractivity contribution in [1.82, 2.24) is 9.62 Å². The van der Waals surface area contributed by atoms with Crippen LogP contribution in [-0.2, 0) is 10.0 Å². The Labute approximate surface area is 153 Å². The molecule has 0 aromatic heterocycles. The standard InChI is InChI=1S/C13H16ClIN2O3S2/c14-10-1-2-11(12(15)9-10)13(18)16-3-8-22(19,20)17-4-6-21-7-5-17/h1-2,9H,3-8H2,(H,16,18). The topological polar surface area (TPSA) is 66.5 Å². The molecule has 122 valence electrons. The van der Waals surface area contributed by atoms with Crippen LogP contribution in [0, 0.1) is 3.57 Å². The third-order valence-electron chi connectivity index (χ3n) is 3.18. The second kappa shape index (κ2) is 8.18. The minimum atomic E-state index is -3.30. The molecule has 0 bridgehead atoms. The predicted molar refractivity (Wildman–Crippen MR) is 99.2 cm³/mol. The Hall–Kier alpha value is -0.0300. The van der Waals surface area contributed by atoms with Crippen LogP contribution >= 0.6 is 46.0 Å². The largest absolute Gasteiger partial charge is 0.351 e. The molecule has 0 spiro atoms. The third kappa shape index (κ3) is 4.98. The summed E-state index contributed by atoms with van der Waals surface area (Å²) in [6.07, 6.45) is 0. The van der Waals surface area contributed by atoms with E-state index in [1.165, 1.54) is 4.31 Å². The van der Waals surface area contributed by atoms with Gasteiger partial charge in [-0.25, -0.2) is 12.7 Å². The quantitative estimate of drug-likeness (QED) is 0.664. The lowest BCUT2D eigenvalue weighted by Gasteiger charge is -2.25. The minimum Gasteiger partial charge on any atom is -0.351 e. The summed E-state index contributed by atoms with van der Waals surface area (Å²) in [6.45, 7) is 1.20. The molecule has 1 aliphatic rings. The van der Waals surface area contributed by atoms with Crippen molar-refractivity contribution in [2.45, 2.75) is 0 Å². The SMILES string of the molecule is O=C(NCCS(=O)(=O)N1CCSCC1)c1ccc(Cl)cc1I. The van der Waals surface area contributed by atoms with Crippen LogP contribution in [0.5, 0.6) is 0 Å². The number of nitrogens with zero attached hydrogens (tertiary/aromatic N) is 1. The van der Waals surface area contributed by atoms with E-state index in [4.69, 9.17) is 11.6 Å². The van der Waals surface area contributed by atoms with Crippen LogP contribution in [0.4, 0.5) is 0 Å². The zero-order valence-corrected chi connectivity index (χ0v) is 16.3. The van der Waals surface area contributed by atoms with E-state index in [2.05, 4.69) is 5.32 Å². The maximum absolute atomic E-state index is 12.2. The molecular formula is C13H16ClIN2O3S2. The lowest BCUT2D eigenvalue weighted by molar-refractivity contribution is 0.0955. The van der Waals surface area contributed by atoms with Crippen molar-refractivity contribution in [2.75, 3.05) is 36.9 Å². The predicted octanol–water partition coefficient (Wildman–Crippen LogP) is 2.05. The number of benzene rings is 1. The van der Waals surface area contributed by atoms with Gasteiger partial charge < -0.3 is 5.32 Å². The number of hydrogen-bond donors (Lipinski definition) is 1. The van der Waals surface area contributed by atoms with Crippen molar-refractivity contribution in [2.24, 2.45) is 0 Å².